The number of rotatable bonds is 11. The Labute approximate surface area is 275 Å². The highest BCUT2D eigenvalue weighted by molar-refractivity contribution is 6.20. The van der Waals surface area contributed by atoms with Gasteiger partial charge in [-0.3, -0.25) is 14.2 Å². The van der Waals surface area contributed by atoms with Crippen molar-refractivity contribution in [3.05, 3.63) is 71.7 Å². The van der Waals surface area contributed by atoms with Crippen molar-refractivity contribution in [2.45, 2.75) is 71.8 Å². The average Bonchev–Trinajstić information content (AvgIpc) is 3.49. The number of nitrogens with zero attached hydrogens (tertiary/aromatic N) is 5. The molecule has 2 aromatic heterocycles. The smallest absolute Gasteiger partial charge is 0.437 e. The topological polar surface area (TPSA) is 193 Å². The van der Waals surface area contributed by atoms with Crippen molar-refractivity contribution in [2.75, 3.05) is 13.2 Å². The van der Waals surface area contributed by atoms with E-state index in [2.05, 4.69) is 15.3 Å². The van der Waals surface area contributed by atoms with E-state index in [1.807, 2.05) is 0 Å². The van der Waals surface area contributed by atoms with Gasteiger partial charge in [-0.2, -0.15) is 0 Å². The van der Waals surface area contributed by atoms with Crippen LogP contribution in [0.4, 0.5) is 9.59 Å². The van der Waals surface area contributed by atoms with Crippen molar-refractivity contribution >= 4 is 30.0 Å². The van der Waals surface area contributed by atoms with Crippen LogP contribution >= 0.6 is 0 Å². The molecule has 2 N–H and O–H groups in total. The number of ether oxygens (including phenoxy) is 3. The number of carboxylic acid groups (broad SMARTS) is 1. The average molecular weight is 667 g/mol. The molecule has 0 aliphatic carbocycles. The Hall–Kier alpha value is -5.51. The Morgan fingerprint density at radius 3 is 2.15 bits per heavy atom. The first-order valence-corrected chi connectivity index (χ1v) is 15.0. The molecule has 0 saturated carbocycles. The molecule has 0 spiro atoms. The SMILES string of the molecule is CC(C)(C)OC(=O)N=c1n(CCCNC(=O)OC(C)(C)C)ccn1-c1ccc(OCC(ON2C(=O)c3ccccc3C2=O)C(=O)O)cn1. The van der Waals surface area contributed by atoms with Crippen molar-refractivity contribution in [3.63, 3.8) is 0 Å². The van der Waals surface area contributed by atoms with Gasteiger partial charge < -0.3 is 29.2 Å². The first-order valence-electron chi connectivity index (χ1n) is 15.0. The molecule has 1 unspecified atom stereocenters. The number of carboxylic acids is 1. The van der Waals surface area contributed by atoms with E-state index >= 15 is 0 Å². The predicted molar refractivity (Wildman–Crippen MR) is 167 cm³/mol. The van der Waals surface area contributed by atoms with Crippen LogP contribution in [-0.2, 0) is 25.7 Å². The fraction of sp³-hybridized carbons (Fsp3) is 0.406. The van der Waals surface area contributed by atoms with Crippen molar-refractivity contribution in [2.24, 2.45) is 4.99 Å². The molecule has 4 rings (SSSR count). The Morgan fingerprint density at radius 1 is 0.938 bits per heavy atom. The van der Waals surface area contributed by atoms with Crippen LogP contribution in [0.1, 0.15) is 68.7 Å². The number of aromatic nitrogens is 3. The zero-order valence-corrected chi connectivity index (χ0v) is 27.5. The lowest BCUT2D eigenvalue weighted by atomic mass is 10.1. The third-order valence-corrected chi connectivity index (χ3v) is 6.33. The van der Waals surface area contributed by atoms with E-state index in [-0.39, 0.29) is 22.5 Å². The molecule has 1 aromatic carbocycles. The summed E-state index contributed by atoms with van der Waals surface area (Å²) in [7, 11) is 0. The molecule has 1 atom stereocenters. The molecular formula is C32H38N6O10. The zero-order valence-electron chi connectivity index (χ0n) is 27.5. The molecule has 0 radical (unpaired) electrons. The molecule has 3 aromatic rings. The number of fused-ring (bicyclic) bond motifs is 1. The number of carbonyl (C=O) groups is 5. The Morgan fingerprint density at radius 2 is 1.58 bits per heavy atom. The quantitative estimate of drug-likeness (QED) is 0.225. The van der Waals surface area contributed by atoms with Crippen LogP contribution in [-0.4, -0.2) is 84.7 Å². The number of benzene rings is 1. The second-order valence-electron chi connectivity index (χ2n) is 12.6. The normalized spacial score (nSPS) is 14.0. The van der Waals surface area contributed by atoms with E-state index in [0.29, 0.717) is 30.4 Å². The first kappa shape index (κ1) is 35.3. The van der Waals surface area contributed by atoms with Crippen LogP contribution < -0.4 is 15.7 Å². The number of imide groups is 1. The molecule has 0 saturated heterocycles. The molecule has 16 heteroatoms. The van der Waals surface area contributed by atoms with Crippen LogP contribution in [0.2, 0.25) is 0 Å². The summed E-state index contributed by atoms with van der Waals surface area (Å²) in [5.41, 5.74) is -1.00. The van der Waals surface area contributed by atoms with E-state index in [9.17, 15) is 29.1 Å². The highest BCUT2D eigenvalue weighted by atomic mass is 16.7. The van der Waals surface area contributed by atoms with E-state index < -0.39 is 53.9 Å². The lowest BCUT2D eigenvalue weighted by Crippen LogP contribution is -2.41. The second-order valence-corrected chi connectivity index (χ2v) is 12.6. The van der Waals surface area contributed by atoms with E-state index in [1.165, 1.54) is 24.4 Å². The number of aliphatic carboxylic acids is 1. The Balaban J connectivity index is 1.46. The fourth-order valence-electron chi connectivity index (χ4n) is 4.32. The van der Waals surface area contributed by atoms with Gasteiger partial charge in [0.2, 0.25) is 11.7 Å². The number of imidazole rings is 1. The summed E-state index contributed by atoms with van der Waals surface area (Å²) in [6.45, 7) is 10.6. The van der Waals surface area contributed by atoms with Gasteiger partial charge in [0, 0.05) is 25.5 Å². The minimum atomic E-state index is -1.70. The van der Waals surface area contributed by atoms with Gasteiger partial charge in [0.1, 0.15) is 29.4 Å². The van der Waals surface area contributed by atoms with Crippen molar-refractivity contribution in [1.82, 2.24) is 24.5 Å². The lowest BCUT2D eigenvalue weighted by Gasteiger charge is -2.19. The standard InChI is InChI=1S/C32H38N6O10/c1-31(2,3)46-29(43)33-14-9-15-36-16-17-37(28(36)35-30(44)47-32(4,5)6)24-13-12-20(18-34-24)45-19-23(27(41)42)48-38-25(39)21-10-7-8-11-22(21)26(38)40/h7-8,10-13,16-18,23H,9,14-15,19H2,1-6H3,(H,33,43)(H,41,42). The summed E-state index contributed by atoms with van der Waals surface area (Å²) in [6.07, 6.45) is 2.09. The maximum Gasteiger partial charge on any atom is 0.437 e. The Kier molecular flexibility index (Phi) is 10.7. The number of carbonyl (C=O) groups excluding carboxylic acids is 4. The highest BCUT2D eigenvalue weighted by Gasteiger charge is 2.39. The summed E-state index contributed by atoms with van der Waals surface area (Å²) >= 11 is 0. The number of aryl methyl sites for hydroxylation is 1. The number of hydroxylamine groups is 2. The molecule has 0 fully saturated rings. The zero-order chi connectivity index (χ0) is 35.2. The van der Waals surface area contributed by atoms with Crippen LogP contribution in [0.5, 0.6) is 5.75 Å². The van der Waals surface area contributed by atoms with E-state index in [0.717, 1.165) is 0 Å². The Bertz CT molecular complexity index is 1710. The largest absolute Gasteiger partial charge is 0.489 e. The highest BCUT2D eigenvalue weighted by Crippen LogP contribution is 2.24. The molecule has 48 heavy (non-hydrogen) atoms. The van der Waals surface area contributed by atoms with Gasteiger partial charge in [-0.15, -0.1) is 10.1 Å². The minimum absolute atomic E-state index is 0.105. The van der Waals surface area contributed by atoms with Gasteiger partial charge in [0.25, 0.3) is 11.8 Å². The van der Waals surface area contributed by atoms with Crippen LogP contribution in [0.25, 0.3) is 5.82 Å². The molecule has 256 valence electrons. The van der Waals surface area contributed by atoms with E-state index in [4.69, 9.17) is 19.0 Å². The van der Waals surface area contributed by atoms with Crippen LogP contribution in [0, 0.1) is 0 Å². The lowest BCUT2D eigenvalue weighted by molar-refractivity contribution is -0.178. The maximum atomic E-state index is 12.7. The monoisotopic (exact) mass is 666 g/mol. The van der Waals surface area contributed by atoms with Gasteiger partial charge in [0.05, 0.1) is 17.3 Å². The van der Waals surface area contributed by atoms with Gasteiger partial charge in [-0.1, -0.05) is 12.1 Å². The third kappa shape index (κ3) is 9.28. The second kappa shape index (κ2) is 14.5. The summed E-state index contributed by atoms with van der Waals surface area (Å²) in [6, 6.07) is 9.11. The molecule has 1 aliphatic rings. The van der Waals surface area contributed by atoms with Gasteiger partial charge >= 0.3 is 18.2 Å². The summed E-state index contributed by atoms with van der Waals surface area (Å²) < 4.78 is 19.4. The van der Waals surface area contributed by atoms with Crippen LogP contribution in [0.3, 0.4) is 0 Å². The third-order valence-electron chi connectivity index (χ3n) is 6.33. The van der Waals surface area contributed by atoms with Gasteiger partial charge in [0.15, 0.2) is 0 Å². The molecule has 0 bridgehead atoms. The minimum Gasteiger partial charge on any atom is -0.489 e. The molecule has 16 nitrogen and oxygen atoms in total. The molecular weight excluding hydrogens is 628 g/mol. The van der Waals surface area contributed by atoms with E-state index in [1.54, 1.807) is 81.3 Å². The summed E-state index contributed by atoms with van der Waals surface area (Å²) in [5.74, 6) is -2.50. The number of nitrogens with one attached hydrogen (secondary N) is 1. The number of pyridine rings is 1. The summed E-state index contributed by atoms with van der Waals surface area (Å²) in [4.78, 5) is 75.5. The fourth-order valence-corrected chi connectivity index (χ4v) is 4.32. The van der Waals surface area contributed by atoms with Crippen molar-refractivity contribution in [1.29, 1.82) is 0 Å². The van der Waals surface area contributed by atoms with Gasteiger partial charge in [-0.05, 0) is 72.2 Å². The predicted octanol–water partition coefficient (Wildman–Crippen LogP) is 3.48. The van der Waals surface area contributed by atoms with Crippen molar-refractivity contribution < 1.29 is 48.1 Å². The summed E-state index contributed by atoms with van der Waals surface area (Å²) in [5, 5.41) is 12.8. The number of hydrogen-bond acceptors (Lipinski definition) is 10. The molecule has 4 amide bonds. The number of hydrogen-bond donors (Lipinski definition) is 2. The molecule has 3 heterocycles. The van der Waals surface area contributed by atoms with Gasteiger partial charge in [-0.25, -0.2) is 24.2 Å². The van der Waals surface area contributed by atoms with Crippen molar-refractivity contribution in [3.8, 4) is 11.6 Å². The molecule has 1 aliphatic heterocycles. The van der Waals surface area contributed by atoms with Crippen LogP contribution in [0.15, 0.2) is 60.0 Å². The maximum absolute atomic E-state index is 12.7. The number of amides is 4. The first-order chi connectivity index (χ1) is 22.5. The number of alkyl carbamates (subject to hydrolysis) is 1.